The van der Waals surface area contributed by atoms with Crippen molar-refractivity contribution in [2.45, 2.75) is 13.0 Å². The first-order valence-electron chi connectivity index (χ1n) is 6.00. The minimum atomic E-state index is -0.252. The second-order valence-corrected chi connectivity index (χ2v) is 4.35. The minimum Gasteiger partial charge on any atom is -0.496 e. The van der Waals surface area contributed by atoms with Crippen LogP contribution in [0.3, 0.4) is 0 Å². The van der Waals surface area contributed by atoms with Gasteiger partial charge < -0.3 is 10.1 Å². The fourth-order valence-electron chi connectivity index (χ4n) is 2.30. The zero-order valence-corrected chi connectivity index (χ0v) is 11.6. The van der Waals surface area contributed by atoms with Crippen molar-refractivity contribution in [1.82, 2.24) is 10.2 Å². The summed E-state index contributed by atoms with van der Waals surface area (Å²) in [6.45, 7) is 6.19. The summed E-state index contributed by atoms with van der Waals surface area (Å²) in [5.41, 5.74) is 1.05. The third-order valence-electron chi connectivity index (χ3n) is 3.34. The summed E-state index contributed by atoms with van der Waals surface area (Å²) in [6.07, 6.45) is 0. The molecule has 3 nitrogen and oxygen atoms in total. The molecule has 0 aliphatic carbocycles. The van der Waals surface area contributed by atoms with Gasteiger partial charge >= 0.3 is 0 Å². The summed E-state index contributed by atoms with van der Waals surface area (Å²) in [4.78, 5) is 2.38. The molecule has 1 atom stereocenters. The average molecular weight is 275 g/mol. The molecule has 1 heterocycles. The van der Waals surface area contributed by atoms with Gasteiger partial charge in [-0.1, -0.05) is 6.07 Å². The second kappa shape index (κ2) is 6.92. The fourth-order valence-corrected chi connectivity index (χ4v) is 2.30. The number of piperazine rings is 1. The second-order valence-electron chi connectivity index (χ2n) is 4.35. The van der Waals surface area contributed by atoms with E-state index in [0.717, 1.165) is 31.7 Å². The Morgan fingerprint density at radius 3 is 2.61 bits per heavy atom. The van der Waals surface area contributed by atoms with Gasteiger partial charge in [-0.3, -0.25) is 4.90 Å². The van der Waals surface area contributed by atoms with Crippen LogP contribution in [0.1, 0.15) is 18.5 Å². The van der Waals surface area contributed by atoms with Crippen LogP contribution in [0.5, 0.6) is 5.75 Å². The first-order chi connectivity index (χ1) is 8.22. The Hall–Kier alpha value is -0.840. The van der Waals surface area contributed by atoms with E-state index in [0.29, 0.717) is 5.75 Å². The number of ether oxygens (including phenoxy) is 1. The number of benzene rings is 1. The Balaban J connectivity index is 0.00000162. The molecule has 1 aromatic rings. The van der Waals surface area contributed by atoms with Gasteiger partial charge in [-0.05, 0) is 13.0 Å². The Labute approximate surface area is 114 Å². The summed E-state index contributed by atoms with van der Waals surface area (Å²) in [5.74, 6) is 0.383. The Bertz CT molecular complexity index is 383. The van der Waals surface area contributed by atoms with Crippen molar-refractivity contribution < 1.29 is 9.13 Å². The number of halogens is 2. The van der Waals surface area contributed by atoms with Crippen molar-refractivity contribution in [2.24, 2.45) is 0 Å². The van der Waals surface area contributed by atoms with Gasteiger partial charge in [0.2, 0.25) is 0 Å². The van der Waals surface area contributed by atoms with Gasteiger partial charge in [0.25, 0.3) is 0 Å². The van der Waals surface area contributed by atoms with E-state index in [1.165, 1.54) is 12.1 Å². The molecule has 2 rings (SSSR count). The lowest BCUT2D eigenvalue weighted by Crippen LogP contribution is -2.44. The van der Waals surface area contributed by atoms with Gasteiger partial charge in [0.1, 0.15) is 11.6 Å². The molecule has 0 radical (unpaired) electrons. The highest BCUT2D eigenvalue weighted by atomic mass is 35.5. The van der Waals surface area contributed by atoms with Gasteiger partial charge in [0.05, 0.1) is 7.11 Å². The monoisotopic (exact) mass is 274 g/mol. The smallest absolute Gasteiger partial charge is 0.126 e. The van der Waals surface area contributed by atoms with Crippen LogP contribution in [-0.4, -0.2) is 38.2 Å². The predicted octanol–water partition coefficient (Wildman–Crippen LogP) is 2.22. The third kappa shape index (κ3) is 3.34. The first kappa shape index (κ1) is 15.2. The van der Waals surface area contributed by atoms with E-state index in [4.69, 9.17) is 4.74 Å². The summed E-state index contributed by atoms with van der Waals surface area (Å²) in [6, 6.07) is 5.03. The van der Waals surface area contributed by atoms with E-state index < -0.39 is 0 Å². The normalized spacial score (nSPS) is 17.9. The van der Waals surface area contributed by atoms with Crippen molar-refractivity contribution in [2.75, 3.05) is 33.3 Å². The van der Waals surface area contributed by atoms with Crippen LogP contribution in [0, 0.1) is 5.82 Å². The molecule has 5 heteroatoms. The fraction of sp³-hybridized carbons (Fsp3) is 0.538. The van der Waals surface area contributed by atoms with E-state index in [-0.39, 0.29) is 24.3 Å². The highest BCUT2D eigenvalue weighted by Crippen LogP contribution is 2.29. The molecule has 0 bridgehead atoms. The number of hydrogen-bond donors (Lipinski definition) is 1. The van der Waals surface area contributed by atoms with Gasteiger partial charge in [-0.25, -0.2) is 4.39 Å². The summed E-state index contributed by atoms with van der Waals surface area (Å²) in [7, 11) is 1.59. The van der Waals surface area contributed by atoms with Crippen molar-refractivity contribution in [3.63, 3.8) is 0 Å². The largest absolute Gasteiger partial charge is 0.496 e. The van der Waals surface area contributed by atoms with Gasteiger partial charge in [0.15, 0.2) is 0 Å². The molecule has 0 spiro atoms. The minimum absolute atomic E-state index is 0. The van der Waals surface area contributed by atoms with E-state index in [2.05, 4.69) is 17.1 Å². The summed E-state index contributed by atoms with van der Waals surface area (Å²) < 4.78 is 18.4. The lowest BCUT2D eigenvalue weighted by atomic mass is 10.0. The van der Waals surface area contributed by atoms with E-state index in [1.54, 1.807) is 7.11 Å². The van der Waals surface area contributed by atoms with Crippen LogP contribution in [0.25, 0.3) is 0 Å². The lowest BCUT2D eigenvalue weighted by molar-refractivity contribution is 0.182. The maximum atomic E-state index is 13.1. The predicted molar refractivity (Wildman–Crippen MR) is 73.1 cm³/mol. The molecule has 1 N–H and O–H groups in total. The molecular weight excluding hydrogens is 255 g/mol. The van der Waals surface area contributed by atoms with Crippen LogP contribution in [0.2, 0.25) is 0 Å². The number of rotatable bonds is 3. The summed E-state index contributed by atoms with van der Waals surface area (Å²) >= 11 is 0. The molecule has 0 saturated carbocycles. The topological polar surface area (TPSA) is 24.5 Å². The zero-order valence-electron chi connectivity index (χ0n) is 10.8. The number of hydrogen-bond acceptors (Lipinski definition) is 3. The highest BCUT2D eigenvalue weighted by Gasteiger charge is 2.20. The van der Waals surface area contributed by atoms with Crippen LogP contribution >= 0.6 is 12.4 Å². The van der Waals surface area contributed by atoms with E-state index in [9.17, 15) is 4.39 Å². The maximum absolute atomic E-state index is 13.1. The maximum Gasteiger partial charge on any atom is 0.126 e. The molecule has 1 aromatic carbocycles. The molecule has 1 saturated heterocycles. The molecular formula is C13H20ClFN2O. The SMILES string of the molecule is COc1cc(F)ccc1[C@@H](C)N1CCNCC1.Cl. The molecule has 1 fully saturated rings. The van der Waals surface area contributed by atoms with Crippen LogP contribution in [0.15, 0.2) is 18.2 Å². The molecule has 0 amide bonds. The lowest BCUT2D eigenvalue weighted by Gasteiger charge is -2.33. The highest BCUT2D eigenvalue weighted by molar-refractivity contribution is 5.85. The van der Waals surface area contributed by atoms with Crippen molar-refractivity contribution in [3.05, 3.63) is 29.6 Å². The molecule has 1 aliphatic rings. The third-order valence-corrected chi connectivity index (χ3v) is 3.34. The molecule has 0 unspecified atom stereocenters. The Morgan fingerprint density at radius 1 is 1.33 bits per heavy atom. The number of nitrogens with one attached hydrogen (secondary N) is 1. The van der Waals surface area contributed by atoms with Gasteiger partial charge in [-0.15, -0.1) is 12.4 Å². The summed E-state index contributed by atoms with van der Waals surface area (Å²) in [5, 5.41) is 3.33. The van der Waals surface area contributed by atoms with Gasteiger partial charge in [0, 0.05) is 43.9 Å². The zero-order chi connectivity index (χ0) is 12.3. The van der Waals surface area contributed by atoms with E-state index >= 15 is 0 Å². The number of nitrogens with zero attached hydrogens (tertiary/aromatic N) is 1. The van der Waals surface area contributed by atoms with Crippen LogP contribution in [-0.2, 0) is 0 Å². The number of methoxy groups -OCH3 is 1. The van der Waals surface area contributed by atoms with Crippen LogP contribution in [0.4, 0.5) is 4.39 Å². The quantitative estimate of drug-likeness (QED) is 0.915. The van der Waals surface area contributed by atoms with Crippen molar-refractivity contribution >= 4 is 12.4 Å². The molecule has 18 heavy (non-hydrogen) atoms. The Kier molecular flexibility index (Phi) is 5.85. The average Bonchev–Trinajstić information content (AvgIpc) is 2.39. The molecule has 0 aromatic heterocycles. The van der Waals surface area contributed by atoms with Gasteiger partial charge in [-0.2, -0.15) is 0 Å². The molecule has 102 valence electrons. The standard InChI is InChI=1S/C13H19FN2O.ClH/c1-10(16-7-5-15-6-8-16)12-4-3-11(14)9-13(12)17-2;/h3-4,9-10,15H,5-8H2,1-2H3;1H/t10-;/m1./s1. The molecule has 1 aliphatic heterocycles. The van der Waals surface area contributed by atoms with Crippen LogP contribution < -0.4 is 10.1 Å². The first-order valence-corrected chi connectivity index (χ1v) is 6.00. The Morgan fingerprint density at radius 2 is 2.00 bits per heavy atom. The van der Waals surface area contributed by atoms with Crippen molar-refractivity contribution in [3.8, 4) is 5.75 Å². The van der Waals surface area contributed by atoms with Crippen molar-refractivity contribution in [1.29, 1.82) is 0 Å². The van der Waals surface area contributed by atoms with E-state index in [1.807, 2.05) is 6.07 Å².